The van der Waals surface area contributed by atoms with E-state index >= 15 is 0 Å². The van der Waals surface area contributed by atoms with Gasteiger partial charge in [-0.15, -0.1) is 0 Å². The summed E-state index contributed by atoms with van der Waals surface area (Å²) < 4.78 is 0. The third kappa shape index (κ3) is 5.06. The van der Waals surface area contributed by atoms with Gasteiger partial charge in [0, 0.05) is 12.1 Å². The highest BCUT2D eigenvalue weighted by Gasteiger charge is 2.20. The second-order valence-electron chi connectivity index (χ2n) is 5.88. The molecule has 27 heavy (non-hydrogen) atoms. The van der Waals surface area contributed by atoms with Gasteiger partial charge in [0.25, 0.3) is 0 Å². The topological polar surface area (TPSA) is 77.8 Å². The van der Waals surface area contributed by atoms with E-state index < -0.39 is 6.04 Å². The molecule has 2 N–H and O–H groups in total. The summed E-state index contributed by atoms with van der Waals surface area (Å²) in [5.74, 6) is 0.223. The zero-order valence-corrected chi connectivity index (χ0v) is 15.1. The minimum Gasteiger partial charge on any atom is -0.358 e. The summed E-state index contributed by atoms with van der Waals surface area (Å²) in [6.07, 6.45) is 0.464. The lowest BCUT2D eigenvalue weighted by Crippen LogP contribution is -2.36. The number of aromatic nitrogens is 1. The van der Waals surface area contributed by atoms with Crippen molar-refractivity contribution in [2.75, 3.05) is 10.6 Å². The van der Waals surface area contributed by atoms with Gasteiger partial charge in [-0.3, -0.25) is 4.79 Å². The lowest BCUT2D eigenvalue weighted by atomic mass is 10.0. The maximum absolute atomic E-state index is 12.9. The zero-order valence-electron chi connectivity index (χ0n) is 14.4. The van der Waals surface area contributed by atoms with Gasteiger partial charge in [-0.05, 0) is 29.8 Å². The van der Waals surface area contributed by atoms with Crippen LogP contribution in [0.25, 0.3) is 0 Å². The van der Waals surface area contributed by atoms with Crippen LogP contribution < -0.4 is 10.6 Å². The lowest BCUT2D eigenvalue weighted by molar-refractivity contribution is -0.116. The summed E-state index contributed by atoms with van der Waals surface area (Å²) in [7, 11) is 0. The SMILES string of the molecule is N#Cc1nc(N[C@H](Cc2ccccc2)C(=O)Nc2ccccc2)ccc1Cl. The highest BCUT2D eigenvalue weighted by Crippen LogP contribution is 2.18. The van der Waals surface area contributed by atoms with Gasteiger partial charge in [0.2, 0.25) is 5.91 Å². The molecular weight excluding hydrogens is 360 g/mol. The first-order valence-electron chi connectivity index (χ1n) is 8.39. The molecule has 0 saturated carbocycles. The van der Waals surface area contributed by atoms with Gasteiger partial charge in [0.15, 0.2) is 5.69 Å². The number of nitriles is 1. The van der Waals surface area contributed by atoms with Gasteiger partial charge in [-0.2, -0.15) is 5.26 Å². The third-order valence-corrected chi connectivity index (χ3v) is 4.22. The molecule has 2 aromatic carbocycles. The summed E-state index contributed by atoms with van der Waals surface area (Å²) in [5, 5.41) is 15.4. The maximum atomic E-state index is 12.9. The van der Waals surface area contributed by atoms with Crippen LogP contribution in [-0.4, -0.2) is 16.9 Å². The van der Waals surface area contributed by atoms with Gasteiger partial charge < -0.3 is 10.6 Å². The molecule has 0 aliphatic rings. The summed E-state index contributed by atoms with van der Waals surface area (Å²) in [6, 6.07) is 23.6. The first-order chi connectivity index (χ1) is 13.2. The molecule has 0 unspecified atom stereocenters. The average molecular weight is 377 g/mol. The number of nitrogens with one attached hydrogen (secondary N) is 2. The van der Waals surface area contributed by atoms with Crippen LogP contribution in [0.4, 0.5) is 11.5 Å². The van der Waals surface area contributed by atoms with Crippen LogP contribution >= 0.6 is 11.6 Å². The second-order valence-corrected chi connectivity index (χ2v) is 6.29. The van der Waals surface area contributed by atoms with Crippen LogP contribution in [0.15, 0.2) is 72.8 Å². The number of carbonyl (C=O) groups is 1. The number of carbonyl (C=O) groups excluding carboxylic acids is 1. The van der Waals surface area contributed by atoms with E-state index in [1.165, 1.54) is 0 Å². The number of nitrogens with zero attached hydrogens (tertiary/aromatic N) is 2. The van der Waals surface area contributed by atoms with E-state index in [1.54, 1.807) is 12.1 Å². The molecule has 1 atom stereocenters. The Balaban J connectivity index is 1.83. The first-order valence-corrected chi connectivity index (χ1v) is 8.76. The van der Waals surface area contributed by atoms with Crippen LogP contribution in [0.5, 0.6) is 0 Å². The van der Waals surface area contributed by atoms with Gasteiger partial charge in [-0.1, -0.05) is 60.1 Å². The van der Waals surface area contributed by atoms with E-state index in [1.807, 2.05) is 66.7 Å². The fourth-order valence-electron chi connectivity index (χ4n) is 2.59. The monoisotopic (exact) mass is 376 g/mol. The van der Waals surface area contributed by atoms with E-state index in [2.05, 4.69) is 15.6 Å². The van der Waals surface area contributed by atoms with E-state index in [0.29, 0.717) is 17.9 Å². The Morgan fingerprint density at radius 3 is 2.37 bits per heavy atom. The summed E-state index contributed by atoms with van der Waals surface area (Å²) in [4.78, 5) is 17.0. The molecule has 1 amide bonds. The van der Waals surface area contributed by atoms with Crippen molar-refractivity contribution < 1.29 is 4.79 Å². The largest absolute Gasteiger partial charge is 0.358 e. The van der Waals surface area contributed by atoms with Crippen molar-refractivity contribution in [1.82, 2.24) is 4.98 Å². The molecule has 1 heterocycles. The Bertz CT molecular complexity index is 955. The fourth-order valence-corrected chi connectivity index (χ4v) is 2.74. The number of benzene rings is 2. The number of anilines is 2. The molecule has 5 nitrogen and oxygen atoms in total. The van der Waals surface area contributed by atoms with Crippen molar-refractivity contribution in [3.63, 3.8) is 0 Å². The van der Waals surface area contributed by atoms with Crippen molar-refractivity contribution in [1.29, 1.82) is 5.26 Å². The minimum absolute atomic E-state index is 0.114. The van der Waals surface area contributed by atoms with E-state index in [0.717, 1.165) is 5.56 Å². The molecule has 3 aromatic rings. The average Bonchev–Trinajstić information content (AvgIpc) is 2.70. The molecule has 0 aliphatic heterocycles. The Kier molecular flexibility index (Phi) is 6.03. The molecule has 0 saturated heterocycles. The highest BCUT2D eigenvalue weighted by molar-refractivity contribution is 6.31. The molecule has 0 fully saturated rings. The predicted molar refractivity (Wildman–Crippen MR) is 107 cm³/mol. The molecule has 0 spiro atoms. The number of para-hydroxylation sites is 1. The van der Waals surface area contributed by atoms with Crippen LogP contribution in [0, 0.1) is 11.3 Å². The summed E-state index contributed by atoms with van der Waals surface area (Å²) in [6.45, 7) is 0. The lowest BCUT2D eigenvalue weighted by Gasteiger charge is -2.19. The predicted octanol–water partition coefficient (Wildman–Crippen LogP) is 4.27. The van der Waals surface area contributed by atoms with Gasteiger partial charge in [0.05, 0.1) is 5.02 Å². The summed E-state index contributed by atoms with van der Waals surface area (Å²) >= 11 is 5.94. The van der Waals surface area contributed by atoms with Crippen molar-refractivity contribution in [3.05, 3.63) is 89.1 Å². The van der Waals surface area contributed by atoms with Crippen molar-refractivity contribution in [3.8, 4) is 6.07 Å². The number of amides is 1. The Morgan fingerprint density at radius 2 is 1.70 bits per heavy atom. The van der Waals surface area contributed by atoms with Crippen LogP contribution in [0.2, 0.25) is 5.02 Å². The smallest absolute Gasteiger partial charge is 0.247 e. The number of hydrogen-bond donors (Lipinski definition) is 2. The number of hydrogen-bond acceptors (Lipinski definition) is 4. The van der Waals surface area contributed by atoms with Gasteiger partial charge in [0.1, 0.15) is 17.9 Å². The van der Waals surface area contributed by atoms with Crippen molar-refractivity contribution in [2.24, 2.45) is 0 Å². The number of halogens is 1. The molecule has 0 aliphatic carbocycles. The number of pyridine rings is 1. The molecule has 0 radical (unpaired) electrons. The Hall–Kier alpha value is -3.36. The van der Waals surface area contributed by atoms with E-state index in [9.17, 15) is 4.79 Å². The van der Waals surface area contributed by atoms with Gasteiger partial charge in [-0.25, -0.2) is 4.98 Å². The van der Waals surface area contributed by atoms with E-state index in [4.69, 9.17) is 16.9 Å². The highest BCUT2D eigenvalue weighted by atomic mass is 35.5. The quantitative estimate of drug-likeness (QED) is 0.673. The van der Waals surface area contributed by atoms with Crippen LogP contribution in [0.1, 0.15) is 11.3 Å². The Labute approximate surface area is 162 Å². The molecule has 1 aromatic heterocycles. The molecule has 0 bridgehead atoms. The van der Waals surface area contributed by atoms with E-state index in [-0.39, 0.29) is 16.6 Å². The third-order valence-electron chi connectivity index (χ3n) is 3.91. The standard InChI is InChI=1S/C21H17ClN4O/c22-17-11-12-20(26-19(17)14-23)25-18(13-15-7-3-1-4-8-15)21(27)24-16-9-5-2-6-10-16/h1-12,18H,13H2,(H,24,27)(H,25,26)/t18-/m1/s1. The summed E-state index contributed by atoms with van der Waals surface area (Å²) in [5.41, 5.74) is 1.83. The zero-order chi connectivity index (χ0) is 19.1. The van der Waals surface area contributed by atoms with Gasteiger partial charge >= 0.3 is 0 Å². The molecule has 3 rings (SSSR count). The number of rotatable bonds is 6. The maximum Gasteiger partial charge on any atom is 0.247 e. The first kappa shape index (κ1) is 18.4. The fraction of sp³-hybridized carbons (Fsp3) is 0.0952. The molecule has 6 heteroatoms. The van der Waals surface area contributed by atoms with Crippen molar-refractivity contribution in [2.45, 2.75) is 12.5 Å². The van der Waals surface area contributed by atoms with Crippen LogP contribution in [0.3, 0.4) is 0 Å². The van der Waals surface area contributed by atoms with Crippen LogP contribution in [-0.2, 0) is 11.2 Å². The second kappa shape index (κ2) is 8.84. The Morgan fingerprint density at radius 1 is 1.04 bits per heavy atom. The molecule has 134 valence electrons. The van der Waals surface area contributed by atoms with Crippen molar-refractivity contribution >= 4 is 29.0 Å². The molecular formula is C21H17ClN4O. The minimum atomic E-state index is -0.576. The normalized spacial score (nSPS) is 11.3.